The summed E-state index contributed by atoms with van der Waals surface area (Å²) in [5.41, 5.74) is 0. The van der Waals surface area contributed by atoms with Crippen LogP contribution in [0.2, 0.25) is 0 Å². The summed E-state index contributed by atoms with van der Waals surface area (Å²) in [6, 6.07) is 0. The number of piperazine rings is 1. The average Bonchev–Trinajstić information content (AvgIpc) is 2.18. The first-order valence-electron chi connectivity index (χ1n) is 4.62. The first-order chi connectivity index (χ1) is 6.24. The maximum absolute atomic E-state index is 11.4. The van der Waals surface area contributed by atoms with Crippen molar-refractivity contribution in [3.05, 3.63) is 0 Å². The monoisotopic (exact) mass is 249 g/mol. The number of carbonyl (C=O) groups is 1. The molecule has 1 saturated heterocycles. The van der Waals surface area contributed by atoms with Crippen molar-refractivity contribution in [3.63, 3.8) is 0 Å². The number of nitrogens with one attached hydrogen (secondary N) is 3. The molecule has 0 aromatic carbocycles. The smallest absolute Gasteiger partial charge is 0.235 e. The molecule has 1 amide bonds. The van der Waals surface area contributed by atoms with Crippen LogP contribution in [0.1, 0.15) is 13.3 Å². The van der Waals surface area contributed by atoms with Crippen LogP contribution in [0.15, 0.2) is 0 Å². The molecule has 2 unspecified atom stereocenters. The maximum Gasteiger partial charge on any atom is 0.235 e. The molecule has 0 aromatic heterocycles. The van der Waals surface area contributed by atoms with Gasteiger partial charge in [-0.1, -0.05) is 22.9 Å². The third kappa shape index (κ3) is 3.62. The van der Waals surface area contributed by atoms with Crippen molar-refractivity contribution in [2.45, 2.75) is 24.3 Å². The molecule has 76 valence electrons. The molecular weight excluding hydrogens is 234 g/mol. The zero-order valence-electron chi connectivity index (χ0n) is 7.77. The first kappa shape index (κ1) is 10.9. The Labute approximate surface area is 87.0 Å². The van der Waals surface area contributed by atoms with Crippen molar-refractivity contribution in [2.24, 2.45) is 0 Å². The van der Waals surface area contributed by atoms with E-state index in [0.717, 1.165) is 26.1 Å². The number of halogens is 1. The van der Waals surface area contributed by atoms with Gasteiger partial charge in [0, 0.05) is 19.6 Å². The van der Waals surface area contributed by atoms with Gasteiger partial charge in [0.1, 0.15) is 0 Å². The highest BCUT2D eigenvalue weighted by Crippen LogP contribution is 2.03. The van der Waals surface area contributed by atoms with E-state index in [1.807, 2.05) is 6.92 Å². The van der Waals surface area contributed by atoms with E-state index >= 15 is 0 Å². The average molecular weight is 250 g/mol. The lowest BCUT2D eigenvalue weighted by Crippen LogP contribution is -2.58. The van der Waals surface area contributed by atoms with E-state index in [9.17, 15) is 4.79 Å². The van der Waals surface area contributed by atoms with Gasteiger partial charge >= 0.3 is 0 Å². The number of hydrogen-bond donors (Lipinski definition) is 3. The molecule has 0 saturated carbocycles. The minimum absolute atomic E-state index is 0.0590. The van der Waals surface area contributed by atoms with Crippen molar-refractivity contribution >= 4 is 21.8 Å². The van der Waals surface area contributed by atoms with Crippen LogP contribution in [-0.4, -0.2) is 36.5 Å². The molecule has 1 heterocycles. The van der Waals surface area contributed by atoms with Crippen molar-refractivity contribution in [2.75, 3.05) is 19.6 Å². The van der Waals surface area contributed by atoms with Crippen LogP contribution in [-0.2, 0) is 4.79 Å². The van der Waals surface area contributed by atoms with Crippen LogP contribution < -0.4 is 16.0 Å². The van der Waals surface area contributed by atoms with E-state index in [2.05, 4.69) is 31.9 Å². The fourth-order valence-electron chi connectivity index (χ4n) is 1.20. The minimum atomic E-state index is -0.0729. The zero-order chi connectivity index (χ0) is 9.68. The van der Waals surface area contributed by atoms with Gasteiger partial charge in [0.05, 0.1) is 11.0 Å². The summed E-state index contributed by atoms with van der Waals surface area (Å²) in [4.78, 5) is 11.3. The predicted octanol–water partition coefficient (Wildman–Crippen LogP) is -0.205. The van der Waals surface area contributed by atoms with E-state index in [1.165, 1.54) is 0 Å². The molecule has 4 nitrogen and oxygen atoms in total. The van der Waals surface area contributed by atoms with E-state index in [0.29, 0.717) is 0 Å². The second-order valence-electron chi connectivity index (χ2n) is 3.10. The van der Waals surface area contributed by atoms with Crippen molar-refractivity contribution in [3.8, 4) is 0 Å². The van der Waals surface area contributed by atoms with Crippen LogP contribution in [0, 0.1) is 0 Å². The summed E-state index contributed by atoms with van der Waals surface area (Å²) >= 11 is 3.31. The largest absolute Gasteiger partial charge is 0.339 e. The standard InChI is InChI=1S/C8H16BrN3O/c1-2-6(9)8(13)12-7-5-10-3-4-11-7/h6-7,10-11H,2-5H2,1H3,(H,12,13). The van der Waals surface area contributed by atoms with E-state index in [1.54, 1.807) is 0 Å². The fraction of sp³-hybridized carbons (Fsp3) is 0.875. The molecular formula is C8H16BrN3O. The number of carbonyl (C=O) groups excluding carboxylic acids is 1. The summed E-state index contributed by atoms with van der Waals surface area (Å²) in [6.45, 7) is 4.66. The Morgan fingerprint density at radius 1 is 1.69 bits per heavy atom. The van der Waals surface area contributed by atoms with Gasteiger partial charge in [0.2, 0.25) is 5.91 Å². The molecule has 2 atom stereocenters. The molecule has 0 aromatic rings. The molecule has 1 aliphatic heterocycles. The van der Waals surface area contributed by atoms with Crippen LogP contribution in [0.4, 0.5) is 0 Å². The van der Waals surface area contributed by atoms with Crippen LogP contribution in [0.3, 0.4) is 0 Å². The lowest BCUT2D eigenvalue weighted by Gasteiger charge is -2.26. The molecule has 0 spiro atoms. The van der Waals surface area contributed by atoms with Gasteiger partial charge in [-0.05, 0) is 6.42 Å². The van der Waals surface area contributed by atoms with Gasteiger partial charge in [-0.2, -0.15) is 0 Å². The fourth-order valence-corrected chi connectivity index (χ4v) is 1.34. The molecule has 13 heavy (non-hydrogen) atoms. The lowest BCUT2D eigenvalue weighted by atomic mass is 10.3. The number of amides is 1. The highest BCUT2D eigenvalue weighted by Gasteiger charge is 2.18. The van der Waals surface area contributed by atoms with Crippen molar-refractivity contribution < 1.29 is 4.79 Å². The molecule has 1 fully saturated rings. The third-order valence-corrected chi connectivity index (χ3v) is 3.06. The Morgan fingerprint density at radius 2 is 2.46 bits per heavy atom. The second-order valence-corrected chi connectivity index (χ2v) is 4.20. The number of hydrogen-bond acceptors (Lipinski definition) is 3. The lowest BCUT2D eigenvalue weighted by molar-refractivity contribution is -0.121. The maximum atomic E-state index is 11.4. The molecule has 3 N–H and O–H groups in total. The van der Waals surface area contributed by atoms with Gasteiger partial charge in [-0.3, -0.25) is 10.1 Å². The molecule has 1 aliphatic rings. The Bertz CT molecular complexity index is 171. The van der Waals surface area contributed by atoms with E-state index in [4.69, 9.17) is 0 Å². The summed E-state index contributed by atoms with van der Waals surface area (Å²) in [5, 5.41) is 9.33. The summed E-state index contributed by atoms with van der Waals surface area (Å²) in [6.07, 6.45) is 0.888. The third-order valence-electron chi connectivity index (χ3n) is 2.00. The number of alkyl halides is 1. The Morgan fingerprint density at radius 3 is 3.00 bits per heavy atom. The molecule has 0 radical (unpaired) electrons. The van der Waals surface area contributed by atoms with Gasteiger partial charge in [-0.15, -0.1) is 0 Å². The first-order valence-corrected chi connectivity index (χ1v) is 5.54. The van der Waals surface area contributed by atoms with E-state index in [-0.39, 0.29) is 16.9 Å². The van der Waals surface area contributed by atoms with Gasteiger partial charge in [0.25, 0.3) is 0 Å². The molecule has 0 aliphatic carbocycles. The van der Waals surface area contributed by atoms with Crippen LogP contribution in [0.5, 0.6) is 0 Å². The van der Waals surface area contributed by atoms with Gasteiger partial charge in [0.15, 0.2) is 0 Å². The summed E-state index contributed by atoms with van der Waals surface area (Å²) in [5.74, 6) is 0.0590. The molecule has 0 bridgehead atoms. The summed E-state index contributed by atoms with van der Waals surface area (Å²) < 4.78 is 0. The minimum Gasteiger partial charge on any atom is -0.339 e. The normalized spacial score (nSPS) is 25.2. The highest BCUT2D eigenvalue weighted by atomic mass is 79.9. The number of rotatable bonds is 3. The predicted molar refractivity (Wildman–Crippen MR) is 55.8 cm³/mol. The molecule has 5 heteroatoms. The topological polar surface area (TPSA) is 53.2 Å². The zero-order valence-corrected chi connectivity index (χ0v) is 9.36. The van der Waals surface area contributed by atoms with Gasteiger partial charge in [-0.25, -0.2) is 0 Å². The SMILES string of the molecule is CCC(Br)C(=O)NC1CNCCN1. The van der Waals surface area contributed by atoms with E-state index < -0.39 is 0 Å². The Hall–Kier alpha value is -0.130. The van der Waals surface area contributed by atoms with Crippen LogP contribution in [0.25, 0.3) is 0 Å². The quantitative estimate of drug-likeness (QED) is 0.608. The Balaban J connectivity index is 2.26. The molecule has 1 rings (SSSR count). The van der Waals surface area contributed by atoms with Crippen LogP contribution >= 0.6 is 15.9 Å². The Kier molecular flexibility index (Phi) is 4.69. The highest BCUT2D eigenvalue weighted by molar-refractivity contribution is 9.10. The van der Waals surface area contributed by atoms with Crippen molar-refractivity contribution in [1.29, 1.82) is 0 Å². The summed E-state index contributed by atoms with van der Waals surface area (Å²) in [7, 11) is 0. The van der Waals surface area contributed by atoms with Crippen molar-refractivity contribution in [1.82, 2.24) is 16.0 Å². The van der Waals surface area contributed by atoms with Gasteiger partial charge < -0.3 is 10.6 Å². The second kappa shape index (κ2) is 5.57.